The van der Waals surface area contributed by atoms with Gasteiger partial charge in [0.1, 0.15) is 0 Å². The second-order valence-corrected chi connectivity index (χ2v) is 14.7. The molecule has 0 fully saturated rings. The lowest BCUT2D eigenvalue weighted by molar-refractivity contribution is 1.02. The summed E-state index contributed by atoms with van der Waals surface area (Å²) in [6, 6.07) is 64.3. The van der Waals surface area contributed by atoms with Gasteiger partial charge >= 0.3 is 0 Å². The fourth-order valence-electron chi connectivity index (χ4n) is 8.03. The number of allylic oxidation sites excluding steroid dienone is 1. The molecule has 1 aromatic heterocycles. The summed E-state index contributed by atoms with van der Waals surface area (Å²) in [5.41, 5.74) is 12.2. The van der Waals surface area contributed by atoms with Gasteiger partial charge in [-0.15, -0.1) is 11.3 Å². The van der Waals surface area contributed by atoms with Gasteiger partial charge in [0.2, 0.25) is 0 Å². The second-order valence-electron chi connectivity index (χ2n) is 13.6. The fraction of sp³-hybridized carbons (Fsp3) is 0.0400. The van der Waals surface area contributed by atoms with E-state index < -0.39 is 0 Å². The van der Waals surface area contributed by atoms with Crippen LogP contribution in [0.15, 0.2) is 182 Å². The van der Waals surface area contributed by atoms with Crippen molar-refractivity contribution in [2.45, 2.75) is 12.8 Å². The van der Waals surface area contributed by atoms with E-state index in [1.54, 1.807) is 0 Å². The quantitative estimate of drug-likeness (QED) is 0.158. The molecule has 52 heavy (non-hydrogen) atoms. The maximum Gasteiger partial charge on any atom is 0.0540 e. The number of nitrogens with zero attached hydrogens (tertiary/aromatic N) is 1. The highest BCUT2D eigenvalue weighted by Gasteiger charge is 2.19. The van der Waals surface area contributed by atoms with Crippen molar-refractivity contribution in [1.82, 2.24) is 0 Å². The van der Waals surface area contributed by atoms with Gasteiger partial charge in [-0.3, -0.25) is 0 Å². The Kier molecular flexibility index (Phi) is 7.55. The van der Waals surface area contributed by atoms with E-state index >= 15 is 0 Å². The number of para-hydroxylation sites is 1. The van der Waals surface area contributed by atoms with Crippen molar-refractivity contribution in [3.8, 4) is 33.4 Å². The highest BCUT2D eigenvalue weighted by atomic mass is 32.1. The van der Waals surface area contributed by atoms with Gasteiger partial charge in [0.25, 0.3) is 0 Å². The highest BCUT2D eigenvalue weighted by molar-refractivity contribution is 7.20. The summed E-state index contributed by atoms with van der Waals surface area (Å²) in [6.45, 7) is 0. The van der Waals surface area contributed by atoms with Crippen molar-refractivity contribution < 1.29 is 0 Å². The minimum absolute atomic E-state index is 1.12. The summed E-state index contributed by atoms with van der Waals surface area (Å²) >= 11 is 1.96. The molecule has 8 aromatic carbocycles. The number of fused-ring (bicyclic) bond motifs is 6. The van der Waals surface area contributed by atoms with Crippen molar-refractivity contribution in [3.63, 3.8) is 0 Å². The largest absolute Gasteiger partial charge is 0.310 e. The average molecular weight is 682 g/mol. The zero-order valence-corrected chi connectivity index (χ0v) is 29.5. The van der Waals surface area contributed by atoms with E-state index in [1.807, 2.05) is 11.3 Å². The highest BCUT2D eigenvalue weighted by Crippen LogP contribution is 2.44. The first-order valence-corrected chi connectivity index (χ1v) is 18.9. The maximum absolute atomic E-state index is 2.41. The average Bonchev–Trinajstić information content (AvgIpc) is 3.61. The van der Waals surface area contributed by atoms with E-state index in [0.717, 1.165) is 29.9 Å². The first-order valence-electron chi connectivity index (χ1n) is 18.1. The number of hydrogen-bond acceptors (Lipinski definition) is 2. The third-order valence-corrected chi connectivity index (χ3v) is 11.8. The maximum atomic E-state index is 2.41. The van der Waals surface area contributed by atoms with Crippen molar-refractivity contribution in [2.24, 2.45) is 0 Å². The molecule has 1 aliphatic carbocycles. The van der Waals surface area contributed by atoms with Crippen LogP contribution >= 0.6 is 11.3 Å². The molecule has 9 aromatic rings. The molecule has 1 heterocycles. The Morgan fingerprint density at radius 1 is 0.442 bits per heavy atom. The molecule has 0 unspecified atom stereocenters. The Bertz CT molecular complexity index is 2770. The minimum Gasteiger partial charge on any atom is -0.310 e. The number of anilines is 3. The topological polar surface area (TPSA) is 3.24 Å². The van der Waals surface area contributed by atoms with E-state index in [1.165, 1.54) is 75.5 Å². The Hall–Kier alpha value is -6.22. The third kappa shape index (κ3) is 5.23. The summed E-state index contributed by atoms with van der Waals surface area (Å²) in [5, 5.41) is 6.47. The van der Waals surface area contributed by atoms with Crippen LogP contribution in [-0.2, 0) is 6.42 Å². The van der Waals surface area contributed by atoms with E-state index in [4.69, 9.17) is 0 Å². The number of aryl methyl sites for hydroxylation is 1. The van der Waals surface area contributed by atoms with Crippen molar-refractivity contribution in [3.05, 3.63) is 192 Å². The van der Waals surface area contributed by atoms with Crippen LogP contribution in [0.3, 0.4) is 0 Å². The number of rotatable bonds is 6. The predicted molar refractivity (Wildman–Crippen MR) is 225 cm³/mol. The summed E-state index contributed by atoms with van der Waals surface area (Å²) in [4.78, 5) is 3.91. The van der Waals surface area contributed by atoms with Gasteiger partial charge in [-0.1, -0.05) is 152 Å². The first-order chi connectivity index (χ1) is 25.8. The summed E-state index contributed by atoms with van der Waals surface area (Å²) in [7, 11) is 0. The lowest BCUT2D eigenvalue weighted by atomic mass is 9.93. The standard InChI is InChI=1S/C50H35NS/c1-2-13-34(14-3-1)41-17-8-10-23-48(41)51(38-29-25-35(26-30-38)42-21-12-22-46-45-20-9-11-24-49(45)52-50(42)46)39-31-27-36(28-32-39)47-33-37-15-4-5-16-40(37)43-18-6-7-19-44(43)47/h1-10,12-23,25-33H,11,24H2. The molecular weight excluding hydrogens is 647 g/mol. The lowest BCUT2D eigenvalue weighted by Gasteiger charge is -2.28. The Morgan fingerprint density at radius 2 is 1.04 bits per heavy atom. The van der Waals surface area contributed by atoms with Crippen LogP contribution in [0.5, 0.6) is 0 Å². The van der Waals surface area contributed by atoms with Gasteiger partial charge < -0.3 is 4.90 Å². The van der Waals surface area contributed by atoms with Crippen LogP contribution in [0.2, 0.25) is 0 Å². The third-order valence-electron chi connectivity index (χ3n) is 10.5. The van der Waals surface area contributed by atoms with Crippen molar-refractivity contribution in [2.75, 3.05) is 4.90 Å². The van der Waals surface area contributed by atoms with Crippen LogP contribution in [0.1, 0.15) is 16.9 Å². The van der Waals surface area contributed by atoms with Crippen LogP contribution in [0.25, 0.3) is 71.1 Å². The smallest absolute Gasteiger partial charge is 0.0540 e. The molecule has 0 N–H and O–H groups in total. The van der Waals surface area contributed by atoms with Gasteiger partial charge in [-0.25, -0.2) is 0 Å². The van der Waals surface area contributed by atoms with E-state index in [-0.39, 0.29) is 0 Å². The normalized spacial score (nSPS) is 12.4. The molecule has 1 aliphatic rings. The molecule has 10 rings (SSSR count). The molecule has 0 aliphatic heterocycles. The van der Waals surface area contributed by atoms with Gasteiger partial charge in [-0.05, 0) is 104 Å². The number of thiophene rings is 1. The molecule has 0 radical (unpaired) electrons. The summed E-state index contributed by atoms with van der Waals surface area (Å²) < 4.78 is 1.38. The van der Waals surface area contributed by atoms with Crippen molar-refractivity contribution >= 4 is 66.1 Å². The monoisotopic (exact) mass is 681 g/mol. The number of benzene rings is 8. The first kappa shape index (κ1) is 30.6. The Balaban J connectivity index is 1.10. The molecule has 0 spiro atoms. The summed E-state index contributed by atoms with van der Waals surface area (Å²) in [5.74, 6) is 0. The minimum atomic E-state index is 1.12. The van der Waals surface area contributed by atoms with Crippen LogP contribution < -0.4 is 4.90 Å². The molecule has 2 heteroatoms. The van der Waals surface area contributed by atoms with E-state index in [0.29, 0.717) is 0 Å². The number of hydrogen-bond donors (Lipinski definition) is 0. The fourth-order valence-corrected chi connectivity index (χ4v) is 9.37. The molecule has 0 saturated carbocycles. The molecule has 0 amide bonds. The van der Waals surface area contributed by atoms with Crippen LogP contribution in [0.4, 0.5) is 17.1 Å². The Labute approximate surface area is 308 Å². The zero-order valence-electron chi connectivity index (χ0n) is 28.7. The van der Waals surface area contributed by atoms with Gasteiger partial charge in [0.05, 0.1) is 5.69 Å². The van der Waals surface area contributed by atoms with Gasteiger partial charge in [0, 0.05) is 31.9 Å². The predicted octanol–water partition coefficient (Wildman–Crippen LogP) is 14.6. The van der Waals surface area contributed by atoms with Crippen LogP contribution in [-0.4, -0.2) is 0 Å². The van der Waals surface area contributed by atoms with Gasteiger partial charge in [-0.2, -0.15) is 0 Å². The van der Waals surface area contributed by atoms with E-state index in [2.05, 4.69) is 193 Å². The van der Waals surface area contributed by atoms with Gasteiger partial charge in [0.15, 0.2) is 0 Å². The molecule has 0 atom stereocenters. The lowest BCUT2D eigenvalue weighted by Crippen LogP contribution is -2.11. The Morgan fingerprint density at radius 3 is 1.83 bits per heavy atom. The molecular formula is C50H35NS. The molecule has 1 nitrogen and oxygen atoms in total. The summed E-state index contributed by atoms with van der Waals surface area (Å²) in [6.07, 6.45) is 6.90. The van der Waals surface area contributed by atoms with Crippen LogP contribution in [0, 0.1) is 0 Å². The SMILES string of the molecule is C1=Cc2c(sc3c(-c4ccc(N(c5ccc(-c6cc7ccccc7c7ccccc67)cc5)c5ccccc5-c5ccccc5)cc4)cccc23)CC1. The molecule has 0 bridgehead atoms. The molecule has 246 valence electrons. The molecule has 0 saturated heterocycles. The van der Waals surface area contributed by atoms with Crippen molar-refractivity contribution in [1.29, 1.82) is 0 Å². The zero-order chi connectivity index (χ0) is 34.4. The van der Waals surface area contributed by atoms with E-state index in [9.17, 15) is 0 Å². The second kappa shape index (κ2) is 12.8.